The summed E-state index contributed by atoms with van der Waals surface area (Å²) in [6.07, 6.45) is 12.2. The summed E-state index contributed by atoms with van der Waals surface area (Å²) >= 11 is 0. The van der Waals surface area contributed by atoms with Gasteiger partial charge in [-0.2, -0.15) is 0 Å². The molecule has 0 aromatic carbocycles. The maximum Gasteiger partial charge on any atom is 0.159 e. The zero-order chi connectivity index (χ0) is 14.8. The molecule has 0 radical (unpaired) electrons. The Labute approximate surface area is 126 Å². The number of hydrogen-bond donors (Lipinski definition) is 0. The summed E-state index contributed by atoms with van der Waals surface area (Å²) in [6, 6.07) is 0. The molecule has 4 rings (SSSR count). The molecule has 4 aliphatic rings. The summed E-state index contributed by atoms with van der Waals surface area (Å²) in [5, 5.41) is 0. The molecule has 0 saturated heterocycles. The summed E-state index contributed by atoms with van der Waals surface area (Å²) < 4.78 is 0. The van der Waals surface area contributed by atoms with E-state index < -0.39 is 0 Å². The van der Waals surface area contributed by atoms with Crippen molar-refractivity contribution in [3.8, 4) is 0 Å². The quantitative estimate of drug-likeness (QED) is 0.677. The Morgan fingerprint density at radius 3 is 2.62 bits per heavy atom. The van der Waals surface area contributed by atoms with Gasteiger partial charge in [0.05, 0.1) is 0 Å². The van der Waals surface area contributed by atoms with Crippen molar-refractivity contribution < 1.29 is 9.59 Å². The molecule has 0 N–H and O–H groups in total. The van der Waals surface area contributed by atoms with E-state index in [1.54, 1.807) is 0 Å². The fourth-order valence-electron chi connectivity index (χ4n) is 5.82. The molecule has 112 valence electrons. The highest BCUT2D eigenvalue weighted by atomic mass is 16.1. The minimum atomic E-state index is -0.219. The van der Waals surface area contributed by atoms with Crippen LogP contribution in [0.4, 0.5) is 0 Å². The lowest BCUT2D eigenvalue weighted by Gasteiger charge is -2.54. The number of ketones is 2. The van der Waals surface area contributed by atoms with Crippen LogP contribution >= 0.6 is 0 Å². The third kappa shape index (κ3) is 1.59. The summed E-state index contributed by atoms with van der Waals surface area (Å²) in [7, 11) is 0. The number of fused-ring (bicyclic) bond motifs is 5. The monoisotopic (exact) mass is 284 g/mol. The lowest BCUT2D eigenvalue weighted by Crippen LogP contribution is -2.52. The molecule has 0 amide bonds. The van der Waals surface area contributed by atoms with Crippen molar-refractivity contribution in [1.82, 2.24) is 0 Å². The van der Waals surface area contributed by atoms with E-state index in [2.05, 4.69) is 26.0 Å². The Hall–Kier alpha value is -1.18. The van der Waals surface area contributed by atoms with E-state index in [0.29, 0.717) is 23.9 Å². The van der Waals surface area contributed by atoms with Crippen molar-refractivity contribution in [1.29, 1.82) is 0 Å². The van der Waals surface area contributed by atoms with Crippen molar-refractivity contribution in [2.45, 2.75) is 52.4 Å². The van der Waals surface area contributed by atoms with Crippen LogP contribution in [0.3, 0.4) is 0 Å². The largest absolute Gasteiger partial charge is 0.299 e. The average Bonchev–Trinajstić information content (AvgIpc) is 2.76. The molecule has 0 aliphatic heterocycles. The minimum absolute atomic E-state index is 0.0930. The first kappa shape index (κ1) is 13.5. The number of hydrogen-bond acceptors (Lipinski definition) is 2. The Balaban J connectivity index is 1.81. The maximum atomic E-state index is 12.8. The molecule has 0 bridgehead atoms. The zero-order valence-electron chi connectivity index (χ0n) is 13.0. The predicted molar refractivity (Wildman–Crippen MR) is 81.6 cm³/mol. The van der Waals surface area contributed by atoms with Gasteiger partial charge in [-0.05, 0) is 61.0 Å². The molecule has 2 saturated carbocycles. The molecule has 0 aromatic heterocycles. The molecule has 21 heavy (non-hydrogen) atoms. The van der Waals surface area contributed by atoms with Crippen molar-refractivity contribution in [3.63, 3.8) is 0 Å². The van der Waals surface area contributed by atoms with Crippen LogP contribution in [0.1, 0.15) is 52.4 Å². The van der Waals surface area contributed by atoms with E-state index in [9.17, 15) is 9.59 Å². The van der Waals surface area contributed by atoms with Gasteiger partial charge in [0, 0.05) is 17.8 Å². The number of rotatable bonds is 0. The van der Waals surface area contributed by atoms with Crippen LogP contribution in [0.2, 0.25) is 0 Å². The summed E-state index contributed by atoms with van der Waals surface area (Å²) in [6.45, 7) is 4.48. The number of allylic oxidation sites excluding steroid dienone is 4. The first-order valence-electron chi connectivity index (χ1n) is 8.43. The van der Waals surface area contributed by atoms with E-state index in [1.165, 1.54) is 5.57 Å². The van der Waals surface area contributed by atoms with Gasteiger partial charge >= 0.3 is 0 Å². The summed E-state index contributed by atoms with van der Waals surface area (Å²) in [4.78, 5) is 25.1. The molecule has 2 fully saturated rings. The van der Waals surface area contributed by atoms with Crippen molar-refractivity contribution in [3.05, 3.63) is 23.8 Å². The Morgan fingerprint density at radius 2 is 1.81 bits per heavy atom. The Kier molecular flexibility index (Phi) is 2.68. The van der Waals surface area contributed by atoms with Crippen molar-refractivity contribution in [2.24, 2.45) is 28.6 Å². The lowest BCUT2D eigenvalue weighted by atomic mass is 9.48. The van der Waals surface area contributed by atoms with Crippen LogP contribution in [0.15, 0.2) is 23.8 Å². The van der Waals surface area contributed by atoms with Gasteiger partial charge in [0.15, 0.2) is 5.78 Å². The molecule has 0 spiro atoms. The second-order valence-electron chi connectivity index (χ2n) is 8.02. The van der Waals surface area contributed by atoms with Crippen molar-refractivity contribution >= 4 is 11.6 Å². The Bertz CT molecular complexity index is 584. The number of carbonyl (C=O) groups excluding carboxylic acids is 2. The van der Waals surface area contributed by atoms with Gasteiger partial charge in [-0.25, -0.2) is 0 Å². The summed E-state index contributed by atoms with van der Waals surface area (Å²) in [5.41, 5.74) is 1.18. The topological polar surface area (TPSA) is 34.1 Å². The van der Waals surface area contributed by atoms with Gasteiger partial charge in [-0.15, -0.1) is 0 Å². The molecular formula is C19H24O2. The second kappa shape index (κ2) is 4.18. The van der Waals surface area contributed by atoms with E-state index >= 15 is 0 Å². The Morgan fingerprint density at radius 1 is 1.05 bits per heavy atom. The molecule has 4 aliphatic carbocycles. The van der Waals surface area contributed by atoms with Gasteiger partial charge in [-0.3, -0.25) is 9.59 Å². The lowest BCUT2D eigenvalue weighted by molar-refractivity contribution is -0.138. The predicted octanol–water partition coefficient (Wildman–Crippen LogP) is 3.86. The highest BCUT2D eigenvalue weighted by molar-refractivity contribution is 5.97. The van der Waals surface area contributed by atoms with E-state index in [1.807, 2.05) is 6.08 Å². The van der Waals surface area contributed by atoms with Crippen molar-refractivity contribution in [2.75, 3.05) is 0 Å². The highest BCUT2D eigenvalue weighted by Gasteiger charge is 2.60. The number of carbonyl (C=O) groups is 2. The van der Waals surface area contributed by atoms with Crippen LogP contribution in [-0.2, 0) is 9.59 Å². The molecule has 0 heterocycles. The third-order valence-electron chi connectivity index (χ3n) is 7.21. The van der Waals surface area contributed by atoms with Crippen LogP contribution in [0.5, 0.6) is 0 Å². The van der Waals surface area contributed by atoms with Crippen LogP contribution in [-0.4, -0.2) is 11.6 Å². The molecule has 2 nitrogen and oxygen atoms in total. The molecular weight excluding hydrogens is 260 g/mol. The SMILES string of the molecule is C[C@]12CCC=CC1=CC(=O)C1C2CC[C@]2(C)C(=O)CCC12. The van der Waals surface area contributed by atoms with Gasteiger partial charge in [0.2, 0.25) is 0 Å². The van der Waals surface area contributed by atoms with Gasteiger partial charge in [0.25, 0.3) is 0 Å². The second-order valence-corrected chi connectivity index (χ2v) is 8.02. The van der Waals surface area contributed by atoms with Crippen LogP contribution in [0.25, 0.3) is 0 Å². The van der Waals surface area contributed by atoms with E-state index in [0.717, 1.165) is 32.1 Å². The van der Waals surface area contributed by atoms with Crippen LogP contribution in [0, 0.1) is 28.6 Å². The van der Waals surface area contributed by atoms with E-state index in [-0.39, 0.29) is 22.7 Å². The van der Waals surface area contributed by atoms with Gasteiger partial charge in [-0.1, -0.05) is 26.0 Å². The van der Waals surface area contributed by atoms with Gasteiger partial charge < -0.3 is 0 Å². The molecule has 2 heteroatoms. The fraction of sp³-hybridized carbons (Fsp3) is 0.684. The first-order valence-corrected chi connectivity index (χ1v) is 8.43. The van der Waals surface area contributed by atoms with Gasteiger partial charge in [0.1, 0.15) is 5.78 Å². The molecule has 3 unspecified atom stereocenters. The normalized spacial score (nSPS) is 48.5. The highest BCUT2D eigenvalue weighted by Crippen LogP contribution is 2.62. The number of Topliss-reactive ketones (excluding diaryl/α,β-unsaturated/α-hetero) is 1. The smallest absolute Gasteiger partial charge is 0.159 e. The third-order valence-corrected chi connectivity index (χ3v) is 7.21. The summed E-state index contributed by atoms with van der Waals surface area (Å²) in [5.74, 6) is 1.53. The minimum Gasteiger partial charge on any atom is -0.299 e. The fourth-order valence-corrected chi connectivity index (χ4v) is 5.82. The maximum absolute atomic E-state index is 12.8. The molecule has 0 aromatic rings. The zero-order valence-corrected chi connectivity index (χ0v) is 13.0. The van der Waals surface area contributed by atoms with Crippen LogP contribution < -0.4 is 0 Å². The average molecular weight is 284 g/mol. The first-order chi connectivity index (χ1) is 9.97. The molecule has 5 atom stereocenters. The standard InChI is InChI=1S/C19H24O2/c1-18-9-4-3-5-12(18)11-15(20)17-13-6-7-16(21)19(13,2)10-8-14(17)18/h3,5,11,13-14,17H,4,6-10H2,1-2H3/t13?,14?,17?,18-,19-/m0/s1. The van der Waals surface area contributed by atoms with E-state index in [4.69, 9.17) is 0 Å².